The Labute approximate surface area is 129 Å². The van der Waals surface area contributed by atoms with Gasteiger partial charge >= 0.3 is 0 Å². The molecule has 0 spiro atoms. The van der Waals surface area contributed by atoms with E-state index in [1.807, 2.05) is 36.0 Å². The smallest absolute Gasteiger partial charge is 0.134 e. The molecule has 0 aliphatic carbocycles. The Morgan fingerprint density at radius 3 is 2.71 bits per heavy atom. The number of hydrogen-bond acceptors (Lipinski definition) is 3. The lowest BCUT2D eigenvalue weighted by Crippen LogP contribution is -2.09. The minimum Gasteiger partial charge on any atom is -0.493 e. The first-order valence-corrected chi connectivity index (χ1v) is 8.14. The summed E-state index contributed by atoms with van der Waals surface area (Å²) in [6, 6.07) is 16.4. The molecular weight excluding hydrogens is 280 g/mol. The van der Waals surface area contributed by atoms with Crippen LogP contribution in [0, 0.1) is 0 Å². The standard InChI is InChI=1S/C18H18O2S/c1-13(19)10-14-6-8-16(9-7-14)20-11-15-12-21-18-5-3-2-4-17(15)18/h2-9,15H,10-12H2,1H3. The summed E-state index contributed by atoms with van der Waals surface area (Å²) in [7, 11) is 0. The van der Waals surface area contributed by atoms with Gasteiger partial charge < -0.3 is 4.74 Å². The number of Topliss-reactive ketones (excluding diaryl/α,β-unsaturated/α-hetero) is 1. The number of carbonyl (C=O) groups excluding carboxylic acids is 1. The summed E-state index contributed by atoms with van der Waals surface area (Å²) < 4.78 is 5.91. The summed E-state index contributed by atoms with van der Waals surface area (Å²) in [6.45, 7) is 2.32. The highest BCUT2D eigenvalue weighted by Crippen LogP contribution is 2.39. The normalized spacial score (nSPS) is 16.5. The van der Waals surface area contributed by atoms with Gasteiger partial charge in [-0.15, -0.1) is 11.8 Å². The second kappa shape index (κ2) is 6.35. The van der Waals surface area contributed by atoms with Crippen LogP contribution in [0.25, 0.3) is 0 Å². The number of fused-ring (bicyclic) bond motifs is 1. The molecule has 2 nitrogen and oxygen atoms in total. The zero-order valence-corrected chi connectivity index (χ0v) is 12.9. The highest BCUT2D eigenvalue weighted by molar-refractivity contribution is 7.99. The molecule has 2 aromatic rings. The summed E-state index contributed by atoms with van der Waals surface area (Å²) in [5.74, 6) is 2.60. The topological polar surface area (TPSA) is 26.3 Å². The van der Waals surface area contributed by atoms with Gasteiger partial charge in [0.2, 0.25) is 0 Å². The van der Waals surface area contributed by atoms with Gasteiger partial charge in [0.05, 0.1) is 6.61 Å². The maximum absolute atomic E-state index is 11.1. The Balaban J connectivity index is 1.60. The van der Waals surface area contributed by atoms with Crippen LogP contribution >= 0.6 is 11.8 Å². The van der Waals surface area contributed by atoms with Crippen LogP contribution in [-0.2, 0) is 11.2 Å². The molecule has 0 bridgehead atoms. The van der Waals surface area contributed by atoms with E-state index in [1.54, 1.807) is 6.92 Å². The zero-order valence-electron chi connectivity index (χ0n) is 12.0. The van der Waals surface area contributed by atoms with Gasteiger partial charge in [0.15, 0.2) is 0 Å². The Morgan fingerprint density at radius 1 is 1.19 bits per heavy atom. The Morgan fingerprint density at radius 2 is 1.95 bits per heavy atom. The van der Waals surface area contributed by atoms with Crippen LogP contribution in [0.3, 0.4) is 0 Å². The van der Waals surface area contributed by atoms with Crippen molar-refractivity contribution in [1.29, 1.82) is 0 Å². The fourth-order valence-electron chi connectivity index (χ4n) is 2.56. The average Bonchev–Trinajstić information content (AvgIpc) is 2.89. The number of thioether (sulfide) groups is 1. The van der Waals surface area contributed by atoms with Crippen molar-refractivity contribution in [2.45, 2.75) is 24.2 Å². The monoisotopic (exact) mass is 298 g/mol. The molecule has 1 heterocycles. The molecule has 0 saturated heterocycles. The molecule has 1 atom stereocenters. The minimum atomic E-state index is 0.184. The van der Waals surface area contributed by atoms with Crippen molar-refractivity contribution in [2.75, 3.05) is 12.4 Å². The van der Waals surface area contributed by atoms with Crippen molar-refractivity contribution < 1.29 is 9.53 Å². The van der Waals surface area contributed by atoms with Gasteiger partial charge in [0, 0.05) is 23.0 Å². The van der Waals surface area contributed by atoms with E-state index >= 15 is 0 Å². The Hall–Kier alpha value is -1.74. The van der Waals surface area contributed by atoms with E-state index in [0.717, 1.165) is 17.1 Å². The quantitative estimate of drug-likeness (QED) is 0.832. The number of ketones is 1. The molecule has 0 aromatic heterocycles. The van der Waals surface area contributed by atoms with Gasteiger partial charge in [0.1, 0.15) is 11.5 Å². The number of benzene rings is 2. The summed E-state index contributed by atoms with van der Waals surface area (Å²) in [5.41, 5.74) is 2.44. The van der Waals surface area contributed by atoms with Crippen molar-refractivity contribution in [3.63, 3.8) is 0 Å². The van der Waals surface area contributed by atoms with Crippen LogP contribution in [0.15, 0.2) is 53.4 Å². The first kappa shape index (κ1) is 14.2. The third-order valence-corrected chi connectivity index (χ3v) is 4.88. The molecular formula is C18H18O2S. The maximum atomic E-state index is 11.1. The lowest BCUT2D eigenvalue weighted by molar-refractivity contribution is -0.116. The minimum absolute atomic E-state index is 0.184. The van der Waals surface area contributed by atoms with E-state index in [2.05, 4.69) is 24.3 Å². The lowest BCUT2D eigenvalue weighted by atomic mass is 10.0. The van der Waals surface area contributed by atoms with E-state index in [4.69, 9.17) is 4.74 Å². The molecule has 1 aliphatic heterocycles. The average molecular weight is 298 g/mol. The Kier molecular flexibility index (Phi) is 4.30. The fraction of sp³-hybridized carbons (Fsp3) is 0.278. The number of ether oxygens (including phenoxy) is 1. The molecule has 0 fully saturated rings. The first-order chi connectivity index (χ1) is 10.2. The SMILES string of the molecule is CC(=O)Cc1ccc(OCC2CSc3ccccc32)cc1. The van der Waals surface area contributed by atoms with Crippen LogP contribution in [0.4, 0.5) is 0 Å². The molecule has 1 aliphatic rings. The molecule has 3 heteroatoms. The van der Waals surface area contributed by atoms with Crippen LogP contribution in [-0.4, -0.2) is 18.1 Å². The van der Waals surface area contributed by atoms with E-state index in [0.29, 0.717) is 18.9 Å². The summed E-state index contributed by atoms with van der Waals surface area (Å²) >= 11 is 1.90. The van der Waals surface area contributed by atoms with E-state index in [-0.39, 0.29) is 5.78 Å². The molecule has 0 N–H and O–H groups in total. The first-order valence-electron chi connectivity index (χ1n) is 7.15. The number of carbonyl (C=O) groups is 1. The van der Waals surface area contributed by atoms with E-state index < -0.39 is 0 Å². The second-order valence-corrected chi connectivity index (χ2v) is 6.44. The van der Waals surface area contributed by atoms with Gasteiger partial charge in [-0.25, -0.2) is 0 Å². The lowest BCUT2D eigenvalue weighted by Gasteiger charge is -2.13. The van der Waals surface area contributed by atoms with Gasteiger partial charge in [-0.2, -0.15) is 0 Å². The molecule has 3 rings (SSSR count). The van der Waals surface area contributed by atoms with E-state index in [9.17, 15) is 4.79 Å². The van der Waals surface area contributed by atoms with Crippen LogP contribution in [0.5, 0.6) is 5.75 Å². The molecule has 0 radical (unpaired) electrons. The van der Waals surface area contributed by atoms with E-state index in [1.165, 1.54) is 10.5 Å². The van der Waals surface area contributed by atoms with Crippen molar-refractivity contribution >= 4 is 17.5 Å². The third kappa shape index (κ3) is 3.48. The van der Waals surface area contributed by atoms with Crippen molar-refractivity contribution in [1.82, 2.24) is 0 Å². The van der Waals surface area contributed by atoms with Gasteiger partial charge in [-0.05, 0) is 36.2 Å². The van der Waals surface area contributed by atoms with Gasteiger partial charge in [-0.3, -0.25) is 4.79 Å². The predicted octanol–water partition coefficient (Wildman–Crippen LogP) is 4.09. The summed E-state index contributed by atoms with van der Waals surface area (Å²) in [6.07, 6.45) is 0.493. The summed E-state index contributed by atoms with van der Waals surface area (Å²) in [4.78, 5) is 12.5. The predicted molar refractivity (Wildman–Crippen MR) is 86.2 cm³/mol. The van der Waals surface area contributed by atoms with Crippen LogP contribution in [0.1, 0.15) is 24.0 Å². The highest BCUT2D eigenvalue weighted by atomic mass is 32.2. The van der Waals surface area contributed by atoms with Gasteiger partial charge in [-0.1, -0.05) is 30.3 Å². The van der Waals surface area contributed by atoms with Crippen molar-refractivity contribution in [2.24, 2.45) is 0 Å². The zero-order chi connectivity index (χ0) is 14.7. The van der Waals surface area contributed by atoms with Crippen molar-refractivity contribution in [3.05, 3.63) is 59.7 Å². The Bertz CT molecular complexity index is 634. The van der Waals surface area contributed by atoms with Gasteiger partial charge in [0.25, 0.3) is 0 Å². The second-order valence-electron chi connectivity index (χ2n) is 5.38. The molecule has 108 valence electrons. The number of hydrogen-bond donors (Lipinski definition) is 0. The molecule has 1 unspecified atom stereocenters. The molecule has 0 amide bonds. The number of rotatable bonds is 5. The molecule has 0 saturated carbocycles. The molecule has 21 heavy (non-hydrogen) atoms. The van der Waals surface area contributed by atoms with Crippen molar-refractivity contribution in [3.8, 4) is 5.75 Å². The highest BCUT2D eigenvalue weighted by Gasteiger charge is 2.23. The summed E-state index contributed by atoms with van der Waals surface area (Å²) in [5, 5.41) is 0. The van der Waals surface area contributed by atoms with Crippen LogP contribution in [0.2, 0.25) is 0 Å². The third-order valence-electron chi connectivity index (χ3n) is 3.63. The maximum Gasteiger partial charge on any atom is 0.134 e. The largest absolute Gasteiger partial charge is 0.493 e. The van der Waals surface area contributed by atoms with Crippen LogP contribution < -0.4 is 4.74 Å². The fourth-order valence-corrected chi connectivity index (χ4v) is 3.79. The molecule has 2 aromatic carbocycles.